The van der Waals surface area contributed by atoms with Crippen LogP contribution in [0, 0.1) is 0 Å². The molecule has 0 aromatic rings. The van der Waals surface area contributed by atoms with Gasteiger partial charge in [-0.3, -0.25) is 0 Å². The number of hydrogen-bond donors (Lipinski definition) is 0. The normalized spacial score (nSPS) is 20.8. The third kappa shape index (κ3) is 4.95. The smallest absolute Gasteiger partial charge is 0.335 e. The van der Waals surface area contributed by atoms with Crippen molar-refractivity contribution in [2.45, 2.75) is 39.1 Å². The van der Waals surface area contributed by atoms with Crippen LogP contribution in [-0.2, 0) is 19.0 Å². The van der Waals surface area contributed by atoms with Crippen molar-refractivity contribution < 1.29 is 19.0 Å². The van der Waals surface area contributed by atoms with E-state index in [1.54, 1.807) is 6.92 Å². The van der Waals surface area contributed by atoms with Gasteiger partial charge >= 0.3 is 5.97 Å². The Morgan fingerprint density at radius 3 is 2.80 bits per heavy atom. The molecule has 0 aromatic carbocycles. The molecule has 0 bridgehead atoms. The molecule has 0 amide bonds. The van der Waals surface area contributed by atoms with Gasteiger partial charge in [0.05, 0.1) is 13.2 Å². The van der Waals surface area contributed by atoms with Crippen LogP contribution in [0.15, 0.2) is 12.2 Å². The van der Waals surface area contributed by atoms with Crippen molar-refractivity contribution in [3.05, 3.63) is 12.2 Å². The van der Waals surface area contributed by atoms with Crippen LogP contribution in [0.25, 0.3) is 0 Å². The number of esters is 1. The van der Waals surface area contributed by atoms with Gasteiger partial charge in [0.15, 0.2) is 0 Å². The molecule has 1 fully saturated rings. The number of ether oxygens (including phenoxy) is 3. The molecule has 1 saturated heterocycles. The second-order valence-electron chi connectivity index (χ2n) is 3.69. The summed E-state index contributed by atoms with van der Waals surface area (Å²) in [7, 11) is 0. The van der Waals surface area contributed by atoms with Crippen LogP contribution in [0.4, 0.5) is 0 Å². The van der Waals surface area contributed by atoms with E-state index >= 15 is 0 Å². The summed E-state index contributed by atoms with van der Waals surface area (Å²) >= 11 is 0. The van der Waals surface area contributed by atoms with Crippen LogP contribution in [0.5, 0.6) is 0 Å². The first-order chi connectivity index (χ1) is 7.13. The minimum atomic E-state index is -0.469. The van der Waals surface area contributed by atoms with E-state index in [4.69, 9.17) is 14.2 Å². The molecule has 2 atom stereocenters. The van der Waals surface area contributed by atoms with Gasteiger partial charge in [-0.1, -0.05) is 19.9 Å². The topological polar surface area (TPSA) is 48.1 Å². The second kappa shape index (κ2) is 5.88. The van der Waals surface area contributed by atoms with Gasteiger partial charge in [0, 0.05) is 12.0 Å². The van der Waals surface area contributed by atoms with Crippen LogP contribution < -0.4 is 0 Å². The van der Waals surface area contributed by atoms with Gasteiger partial charge in [-0.05, 0) is 6.92 Å². The maximum atomic E-state index is 11.3. The first-order valence-electron chi connectivity index (χ1n) is 5.23. The molecule has 1 aliphatic heterocycles. The minimum Gasteiger partial charge on any atom is -0.432 e. The summed E-state index contributed by atoms with van der Waals surface area (Å²) in [5.74, 6) is -0.398. The Hall–Kier alpha value is -0.870. The van der Waals surface area contributed by atoms with Gasteiger partial charge in [-0.2, -0.15) is 0 Å². The lowest BCUT2D eigenvalue weighted by molar-refractivity contribution is -0.176. The average Bonchev–Trinajstić information content (AvgIpc) is 2.97. The molecule has 15 heavy (non-hydrogen) atoms. The quantitative estimate of drug-likeness (QED) is 0.280. The van der Waals surface area contributed by atoms with Crippen molar-refractivity contribution in [1.82, 2.24) is 0 Å². The Balaban J connectivity index is 2.27. The van der Waals surface area contributed by atoms with Crippen molar-refractivity contribution in [1.29, 1.82) is 0 Å². The summed E-state index contributed by atoms with van der Waals surface area (Å²) in [4.78, 5) is 11.3. The van der Waals surface area contributed by atoms with Crippen LogP contribution in [0.2, 0.25) is 0 Å². The van der Waals surface area contributed by atoms with Crippen molar-refractivity contribution in [3.8, 4) is 0 Å². The summed E-state index contributed by atoms with van der Waals surface area (Å²) in [5, 5.41) is 0. The van der Waals surface area contributed by atoms with Crippen LogP contribution >= 0.6 is 0 Å². The molecule has 2 unspecified atom stereocenters. The van der Waals surface area contributed by atoms with Gasteiger partial charge in [0.2, 0.25) is 6.29 Å². The lowest BCUT2D eigenvalue weighted by Gasteiger charge is -2.17. The molecule has 4 nitrogen and oxygen atoms in total. The van der Waals surface area contributed by atoms with Crippen molar-refractivity contribution in [3.63, 3.8) is 0 Å². The highest BCUT2D eigenvalue weighted by Crippen LogP contribution is 2.13. The van der Waals surface area contributed by atoms with E-state index in [1.807, 2.05) is 6.92 Å². The maximum Gasteiger partial charge on any atom is 0.335 e. The van der Waals surface area contributed by atoms with E-state index in [9.17, 15) is 4.79 Å². The Kier molecular flexibility index (Phi) is 4.78. The molecule has 0 N–H and O–H groups in total. The number of epoxide rings is 1. The fraction of sp³-hybridized carbons (Fsp3) is 0.727. The van der Waals surface area contributed by atoms with Crippen molar-refractivity contribution >= 4 is 5.97 Å². The fourth-order valence-corrected chi connectivity index (χ4v) is 1.01. The SMILES string of the molecule is C=C(C)C(=O)OC(CCC)OCC1CO1. The lowest BCUT2D eigenvalue weighted by atomic mass is 10.3. The Morgan fingerprint density at radius 2 is 2.33 bits per heavy atom. The molecule has 86 valence electrons. The third-order valence-electron chi connectivity index (χ3n) is 1.98. The van der Waals surface area contributed by atoms with Crippen LogP contribution in [0.3, 0.4) is 0 Å². The van der Waals surface area contributed by atoms with E-state index in [0.717, 1.165) is 13.0 Å². The highest BCUT2D eigenvalue weighted by Gasteiger charge is 2.25. The van der Waals surface area contributed by atoms with E-state index in [-0.39, 0.29) is 6.10 Å². The fourth-order valence-electron chi connectivity index (χ4n) is 1.01. The predicted octanol–water partition coefficient (Wildman–Crippen LogP) is 1.65. The maximum absolute atomic E-state index is 11.3. The Morgan fingerprint density at radius 1 is 1.67 bits per heavy atom. The number of rotatable bonds is 7. The zero-order chi connectivity index (χ0) is 11.3. The standard InChI is InChI=1S/C11H18O4/c1-4-5-10(14-7-9-6-13-9)15-11(12)8(2)3/h9-10H,2,4-7H2,1,3H3. The summed E-state index contributed by atoms with van der Waals surface area (Å²) in [6, 6.07) is 0. The molecule has 0 aliphatic carbocycles. The highest BCUT2D eigenvalue weighted by atomic mass is 16.7. The van der Waals surface area contributed by atoms with Crippen molar-refractivity contribution in [2.24, 2.45) is 0 Å². The van der Waals surface area contributed by atoms with Crippen molar-refractivity contribution in [2.75, 3.05) is 13.2 Å². The molecule has 1 heterocycles. The second-order valence-corrected chi connectivity index (χ2v) is 3.69. The summed E-state index contributed by atoms with van der Waals surface area (Å²) < 4.78 is 15.5. The Bertz CT molecular complexity index is 233. The molecular formula is C11H18O4. The predicted molar refractivity (Wildman–Crippen MR) is 55.3 cm³/mol. The van der Waals surface area contributed by atoms with Gasteiger partial charge in [0.25, 0.3) is 0 Å². The summed E-state index contributed by atoms with van der Waals surface area (Å²) in [6.07, 6.45) is 1.32. The summed E-state index contributed by atoms with van der Waals surface area (Å²) in [5.41, 5.74) is 0.391. The van der Waals surface area contributed by atoms with Gasteiger partial charge in [-0.25, -0.2) is 4.79 Å². The zero-order valence-corrected chi connectivity index (χ0v) is 9.32. The molecule has 0 radical (unpaired) electrons. The van der Waals surface area contributed by atoms with E-state index in [1.165, 1.54) is 0 Å². The summed E-state index contributed by atoms with van der Waals surface area (Å²) in [6.45, 7) is 8.39. The monoisotopic (exact) mass is 214 g/mol. The molecular weight excluding hydrogens is 196 g/mol. The van der Waals surface area contributed by atoms with E-state index in [0.29, 0.717) is 18.6 Å². The van der Waals surface area contributed by atoms with Gasteiger partial charge in [-0.15, -0.1) is 0 Å². The van der Waals surface area contributed by atoms with E-state index in [2.05, 4.69) is 6.58 Å². The molecule has 4 heteroatoms. The van der Waals surface area contributed by atoms with Gasteiger partial charge in [0.1, 0.15) is 6.10 Å². The largest absolute Gasteiger partial charge is 0.432 e. The first kappa shape index (κ1) is 12.2. The minimum absolute atomic E-state index is 0.188. The molecule has 0 spiro atoms. The van der Waals surface area contributed by atoms with E-state index < -0.39 is 12.3 Å². The molecule has 0 aromatic heterocycles. The Labute approximate surface area is 90.2 Å². The molecule has 1 aliphatic rings. The average molecular weight is 214 g/mol. The number of carbonyl (C=O) groups is 1. The van der Waals surface area contributed by atoms with Gasteiger partial charge < -0.3 is 14.2 Å². The highest BCUT2D eigenvalue weighted by molar-refractivity contribution is 5.86. The first-order valence-corrected chi connectivity index (χ1v) is 5.23. The number of carbonyl (C=O) groups excluding carboxylic acids is 1. The third-order valence-corrected chi connectivity index (χ3v) is 1.98. The molecule has 0 saturated carbocycles. The van der Waals surface area contributed by atoms with Crippen LogP contribution in [-0.4, -0.2) is 31.6 Å². The molecule has 1 rings (SSSR count). The number of hydrogen-bond acceptors (Lipinski definition) is 4. The zero-order valence-electron chi connectivity index (χ0n) is 9.32. The lowest BCUT2D eigenvalue weighted by Crippen LogP contribution is -2.23. The van der Waals surface area contributed by atoms with Crippen LogP contribution in [0.1, 0.15) is 26.7 Å².